The van der Waals surface area contributed by atoms with Crippen molar-refractivity contribution >= 4 is 11.7 Å². The van der Waals surface area contributed by atoms with E-state index in [1.54, 1.807) is 4.68 Å². The number of carboxylic acids is 1. The maximum atomic E-state index is 15.6. The van der Waals surface area contributed by atoms with Crippen LogP contribution < -0.4 is 4.90 Å². The Bertz CT molecular complexity index is 1410. The molecule has 2 aliphatic rings. The van der Waals surface area contributed by atoms with Gasteiger partial charge < -0.3 is 10.0 Å². The second-order valence-electron chi connectivity index (χ2n) is 10.4. The van der Waals surface area contributed by atoms with Gasteiger partial charge in [0.25, 0.3) is 0 Å². The summed E-state index contributed by atoms with van der Waals surface area (Å²) in [5, 5.41) is 13.4. The van der Waals surface area contributed by atoms with Crippen molar-refractivity contribution in [2.24, 2.45) is 13.0 Å². The van der Waals surface area contributed by atoms with Crippen LogP contribution in [-0.2, 0) is 18.3 Å². The van der Waals surface area contributed by atoms with E-state index in [-0.39, 0.29) is 17.9 Å². The van der Waals surface area contributed by atoms with E-state index in [4.69, 9.17) is 5.11 Å². The number of nitrogens with zero attached hydrogens (tertiary/aromatic N) is 3. The molecule has 0 amide bonds. The molecule has 0 fully saturated rings. The Kier molecular flexibility index (Phi) is 6.59. The highest BCUT2D eigenvalue weighted by Gasteiger charge is 2.40. The van der Waals surface area contributed by atoms with Gasteiger partial charge in [0.15, 0.2) is 0 Å². The lowest BCUT2D eigenvalue weighted by Gasteiger charge is -2.46. The first-order valence-electron chi connectivity index (χ1n) is 12.7. The van der Waals surface area contributed by atoms with E-state index in [1.165, 1.54) is 23.3 Å². The van der Waals surface area contributed by atoms with Crippen LogP contribution in [0.2, 0.25) is 0 Å². The molecule has 6 heteroatoms. The first-order chi connectivity index (χ1) is 17.7. The minimum absolute atomic E-state index is 0.131. The normalized spacial score (nSPS) is 21.4. The Morgan fingerprint density at radius 3 is 2.57 bits per heavy atom. The lowest BCUT2D eigenvalue weighted by atomic mass is 9.80. The molecule has 3 atom stereocenters. The van der Waals surface area contributed by atoms with Gasteiger partial charge in [-0.25, -0.2) is 9.18 Å². The van der Waals surface area contributed by atoms with E-state index in [1.807, 2.05) is 25.5 Å². The highest BCUT2D eigenvalue weighted by Crippen LogP contribution is 2.47. The van der Waals surface area contributed by atoms with Gasteiger partial charge in [-0.05, 0) is 71.4 Å². The van der Waals surface area contributed by atoms with Crippen molar-refractivity contribution in [1.82, 2.24) is 9.78 Å². The van der Waals surface area contributed by atoms with E-state index in [0.29, 0.717) is 11.5 Å². The minimum Gasteiger partial charge on any atom is -0.478 e. The highest BCUT2D eigenvalue weighted by atomic mass is 19.1. The quantitative estimate of drug-likeness (QED) is 0.383. The molecule has 1 aliphatic carbocycles. The number of aliphatic carboxylic acids is 1. The van der Waals surface area contributed by atoms with Crippen LogP contribution in [0.5, 0.6) is 0 Å². The summed E-state index contributed by atoms with van der Waals surface area (Å²) < 4.78 is 17.4. The van der Waals surface area contributed by atoms with Crippen LogP contribution >= 0.6 is 0 Å². The summed E-state index contributed by atoms with van der Waals surface area (Å²) in [5.41, 5.74) is 7.33. The number of allylic oxidation sites excluding steroid dienone is 3. The second-order valence-corrected chi connectivity index (χ2v) is 10.4. The topological polar surface area (TPSA) is 58.4 Å². The summed E-state index contributed by atoms with van der Waals surface area (Å²) in [6.45, 7) is 6.54. The Balaban J connectivity index is 1.61. The molecule has 3 aromatic rings. The molecule has 1 aliphatic heterocycles. The number of anilines is 1. The van der Waals surface area contributed by atoms with Crippen molar-refractivity contribution < 1.29 is 14.3 Å². The number of aryl methyl sites for hydroxylation is 1. The fraction of sp³-hybridized carbons (Fsp3) is 0.290. The second kappa shape index (κ2) is 9.85. The van der Waals surface area contributed by atoms with Crippen molar-refractivity contribution in [3.63, 3.8) is 0 Å². The average Bonchev–Trinajstić information content (AvgIpc) is 3.46. The van der Waals surface area contributed by atoms with Gasteiger partial charge in [0.05, 0.1) is 18.2 Å². The molecule has 0 bridgehead atoms. The largest absolute Gasteiger partial charge is 0.478 e. The number of halogens is 1. The van der Waals surface area contributed by atoms with Crippen LogP contribution in [0.4, 0.5) is 10.1 Å². The molecule has 0 radical (unpaired) electrons. The van der Waals surface area contributed by atoms with Gasteiger partial charge in [0.1, 0.15) is 5.83 Å². The molecule has 5 nitrogen and oxygen atoms in total. The number of hydrogen-bond acceptors (Lipinski definition) is 3. The van der Waals surface area contributed by atoms with Crippen molar-refractivity contribution in [3.05, 3.63) is 107 Å². The molecule has 5 rings (SSSR count). The fourth-order valence-corrected chi connectivity index (χ4v) is 5.58. The number of benzene rings is 2. The van der Waals surface area contributed by atoms with Crippen LogP contribution in [0.3, 0.4) is 0 Å². The number of rotatable bonds is 6. The maximum absolute atomic E-state index is 15.6. The summed E-state index contributed by atoms with van der Waals surface area (Å²) in [7, 11) is 1.90. The van der Waals surface area contributed by atoms with Crippen LogP contribution in [0.15, 0.2) is 90.6 Å². The number of carboxylic acid groups (broad SMARTS) is 1. The fourth-order valence-electron chi connectivity index (χ4n) is 5.58. The zero-order valence-corrected chi connectivity index (χ0v) is 21.6. The predicted octanol–water partition coefficient (Wildman–Crippen LogP) is 6.75. The van der Waals surface area contributed by atoms with Gasteiger partial charge in [-0.15, -0.1) is 0 Å². The Hall–Kier alpha value is -3.93. The molecule has 37 heavy (non-hydrogen) atoms. The lowest BCUT2D eigenvalue weighted by molar-refractivity contribution is -0.131. The van der Waals surface area contributed by atoms with Crippen molar-refractivity contribution in [3.8, 4) is 11.1 Å². The number of carbonyl (C=O) groups is 1. The van der Waals surface area contributed by atoms with Crippen LogP contribution in [0, 0.1) is 5.92 Å². The van der Waals surface area contributed by atoms with Gasteiger partial charge in [0.2, 0.25) is 0 Å². The van der Waals surface area contributed by atoms with Crippen LogP contribution in [0.1, 0.15) is 49.4 Å². The van der Waals surface area contributed by atoms with Crippen LogP contribution in [-0.4, -0.2) is 26.9 Å². The Morgan fingerprint density at radius 2 is 1.92 bits per heavy atom. The monoisotopic (exact) mass is 497 g/mol. The van der Waals surface area contributed by atoms with E-state index < -0.39 is 11.9 Å². The zero-order chi connectivity index (χ0) is 26.3. The number of aromatic nitrogens is 2. The average molecular weight is 498 g/mol. The summed E-state index contributed by atoms with van der Waals surface area (Å²) in [4.78, 5) is 13.4. The van der Waals surface area contributed by atoms with E-state index in [0.717, 1.165) is 34.9 Å². The standard InChI is InChI=1S/C31H32FN3O2/c1-19(2)22-6-9-26(10-7-22)35-20(3)13-24-16-23(25-17-33-34(4)18-25)8-11-27(24)31(35)28-14-21(15-29(28)32)5-12-30(36)37/h5-12,14-20,28,31H,13H2,1-4H3,(H,36,37)/b12-5+/t20-,28?,31?/m1/s1. The Morgan fingerprint density at radius 1 is 1.16 bits per heavy atom. The van der Waals surface area contributed by atoms with Crippen LogP contribution in [0.25, 0.3) is 11.1 Å². The van der Waals surface area contributed by atoms with Gasteiger partial charge in [-0.3, -0.25) is 4.68 Å². The van der Waals surface area contributed by atoms with E-state index in [2.05, 4.69) is 73.2 Å². The SMILES string of the molecule is CC(C)c1ccc(N2C(C3C=C(/C=C/C(=O)O)C=C3F)c3ccc(-c4cnn(C)c4)cc3C[C@H]2C)cc1. The smallest absolute Gasteiger partial charge is 0.328 e. The summed E-state index contributed by atoms with van der Waals surface area (Å²) >= 11 is 0. The molecule has 190 valence electrons. The molecular formula is C31H32FN3O2. The third-order valence-corrected chi connectivity index (χ3v) is 7.40. The van der Waals surface area contributed by atoms with Crippen molar-refractivity contribution in [2.45, 2.75) is 45.2 Å². The van der Waals surface area contributed by atoms with Gasteiger partial charge in [-0.1, -0.05) is 50.3 Å². The molecule has 2 unspecified atom stereocenters. The van der Waals surface area contributed by atoms with E-state index in [9.17, 15) is 4.79 Å². The lowest BCUT2D eigenvalue weighted by Crippen LogP contribution is -2.45. The summed E-state index contributed by atoms with van der Waals surface area (Å²) in [5.74, 6) is -1.40. The van der Waals surface area contributed by atoms with Crippen molar-refractivity contribution in [2.75, 3.05) is 4.90 Å². The predicted molar refractivity (Wildman–Crippen MR) is 145 cm³/mol. The zero-order valence-electron chi connectivity index (χ0n) is 21.6. The number of fused-ring (bicyclic) bond motifs is 1. The molecule has 0 spiro atoms. The molecule has 0 saturated heterocycles. The van der Waals surface area contributed by atoms with Crippen molar-refractivity contribution in [1.29, 1.82) is 0 Å². The molecule has 1 aromatic heterocycles. The molecule has 2 aromatic carbocycles. The molecule has 2 heterocycles. The Labute approximate surface area is 217 Å². The molecule has 0 saturated carbocycles. The first kappa shape index (κ1) is 24.8. The number of hydrogen-bond donors (Lipinski definition) is 1. The highest BCUT2D eigenvalue weighted by molar-refractivity contribution is 5.80. The van der Waals surface area contributed by atoms with Gasteiger partial charge >= 0.3 is 5.97 Å². The third-order valence-electron chi connectivity index (χ3n) is 7.40. The van der Waals surface area contributed by atoms with E-state index >= 15 is 4.39 Å². The molecular weight excluding hydrogens is 465 g/mol. The van der Waals surface area contributed by atoms with Gasteiger partial charge in [-0.2, -0.15) is 5.10 Å². The third kappa shape index (κ3) is 4.88. The van der Waals surface area contributed by atoms with Gasteiger partial charge in [0, 0.05) is 36.6 Å². The summed E-state index contributed by atoms with van der Waals surface area (Å²) in [6, 6.07) is 14.9. The minimum atomic E-state index is -1.05. The maximum Gasteiger partial charge on any atom is 0.328 e. The summed E-state index contributed by atoms with van der Waals surface area (Å²) in [6.07, 6.45) is 10.5. The first-order valence-corrected chi connectivity index (χ1v) is 12.7. The molecule has 1 N–H and O–H groups in total.